The van der Waals surface area contributed by atoms with Gasteiger partial charge in [0.2, 0.25) is 11.8 Å². The number of rotatable bonds is 11. The second kappa shape index (κ2) is 12.5. The molecule has 0 radical (unpaired) electrons. The molecule has 0 bridgehead atoms. The van der Waals surface area contributed by atoms with Crippen LogP contribution in [0.5, 0.6) is 0 Å². The number of carbonyl (C=O) groups is 2. The molecule has 0 aromatic heterocycles. The molecule has 2 amide bonds. The lowest BCUT2D eigenvalue weighted by Gasteiger charge is -2.32. The predicted octanol–water partition coefficient (Wildman–Crippen LogP) is 3.93. The van der Waals surface area contributed by atoms with Crippen molar-refractivity contribution in [1.82, 2.24) is 10.2 Å². The summed E-state index contributed by atoms with van der Waals surface area (Å²) in [6.45, 7) is 5.29. The molecule has 1 N–H and O–H groups in total. The highest BCUT2D eigenvalue weighted by Crippen LogP contribution is 2.25. The van der Waals surface area contributed by atoms with Gasteiger partial charge in [-0.1, -0.05) is 48.0 Å². The molecule has 3 aromatic carbocycles. The topological polar surface area (TPSA) is 86.8 Å². The molecular formula is C28H32FN3O4S. The van der Waals surface area contributed by atoms with Crippen molar-refractivity contribution in [3.05, 3.63) is 95.8 Å². The van der Waals surface area contributed by atoms with Crippen molar-refractivity contribution >= 4 is 27.5 Å². The molecule has 0 unspecified atom stereocenters. The van der Waals surface area contributed by atoms with Gasteiger partial charge in [-0.2, -0.15) is 0 Å². The first kappa shape index (κ1) is 27.9. The van der Waals surface area contributed by atoms with Crippen molar-refractivity contribution in [2.75, 3.05) is 23.9 Å². The van der Waals surface area contributed by atoms with E-state index in [0.29, 0.717) is 13.0 Å². The first-order valence-electron chi connectivity index (χ1n) is 12.1. The molecule has 0 heterocycles. The van der Waals surface area contributed by atoms with E-state index in [2.05, 4.69) is 5.32 Å². The van der Waals surface area contributed by atoms with E-state index in [0.717, 1.165) is 27.6 Å². The van der Waals surface area contributed by atoms with Gasteiger partial charge in [0.25, 0.3) is 10.0 Å². The Balaban J connectivity index is 1.96. The Morgan fingerprint density at radius 3 is 2.16 bits per heavy atom. The number of sulfonamides is 1. The number of halogens is 1. The standard InChI is InChI=1S/C28H32FN3O4S/c1-4-30-28(34)22(3)31(19-18-23-8-6-5-7-9-23)27(33)20-32(25-14-12-24(29)13-15-25)37(35,36)26-16-10-21(2)11-17-26/h5-17,22H,4,18-20H2,1-3H3,(H,30,34)/t22-/m0/s1. The minimum atomic E-state index is -4.17. The summed E-state index contributed by atoms with van der Waals surface area (Å²) in [5.41, 5.74) is 2.00. The molecule has 0 saturated carbocycles. The maximum absolute atomic E-state index is 13.7. The molecule has 1 atom stereocenters. The van der Waals surface area contributed by atoms with Crippen LogP contribution in [0.15, 0.2) is 83.8 Å². The van der Waals surface area contributed by atoms with Crippen molar-refractivity contribution < 1.29 is 22.4 Å². The fraction of sp³-hybridized carbons (Fsp3) is 0.286. The Morgan fingerprint density at radius 2 is 1.57 bits per heavy atom. The van der Waals surface area contributed by atoms with Crippen LogP contribution in [-0.4, -0.2) is 50.8 Å². The van der Waals surface area contributed by atoms with Gasteiger partial charge >= 0.3 is 0 Å². The summed E-state index contributed by atoms with van der Waals surface area (Å²) < 4.78 is 41.9. The van der Waals surface area contributed by atoms with Crippen LogP contribution in [0.25, 0.3) is 0 Å². The molecule has 196 valence electrons. The lowest BCUT2D eigenvalue weighted by atomic mass is 10.1. The van der Waals surface area contributed by atoms with Gasteiger partial charge < -0.3 is 10.2 Å². The third-order valence-corrected chi connectivity index (χ3v) is 7.79. The van der Waals surface area contributed by atoms with Crippen molar-refractivity contribution in [2.45, 2.75) is 38.1 Å². The van der Waals surface area contributed by atoms with Gasteiger partial charge in [-0.3, -0.25) is 13.9 Å². The third kappa shape index (κ3) is 7.16. The Hall–Kier alpha value is -3.72. The number of amides is 2. The number of hydrogen-bond acceptors (Lipinski definition) is 4. The van der Waals surface area contributed by atoms with Gasteiger partial charge in [-0.05, 0) is 69.2 Å². The number of nitrogens with one attached hydrogen (secondary N) is 1. The number of anilines is 1. The maximum atomic E-state index is 13.7. The van der Waals surface area contributed by atoms with Crippen LogP contribution in [0.2, 0.25) is 0 Å². The Kier molecular flexibility index (Phi) is 9.41. The monoisotopic (exact) mass is 525 g/mol. The summed E-state index contributed by atoms with van der Waals surface area (Å²) in [5.74, 6) is -1.41. The van der Waals surface area contributed by atoms with Crippen LogP contribution in [0, 0.1) is 12.7 Å². The van der Waals surface area contributed by atoms with E-state index in [1.54, 1.807) is 26.0 Å². The van der Waals surface area contributed by atoms with Crippen molar-refractivity contribution in [3.8, 4) is 0 Å². The molecule has 0 spiro atoms. The number of carbonyl (C=O) groups excluding carboxylic acids is 2. The summed E-state index contributed by atoms with van der Waals surface area (Å²) in [4.78, 5) is 27.7. The number of benzene rings is 3. The number of aryl methyl sites for hydroxylation is 1. The fourth-order valence-corrected chi connectivity index (χ4v) is 5.28. The van der Waals surface area contributed by atoms with Crippen LogP contribution in [-0.2, 0) is 26.0 Å². The zero-order valence-electron chi connectivity index (χ0n) is 21.2. The van der Waals surface area contributed by atoms with Crippen molar-refractivity contribution in [1.29, 1.82) is 0 Å². The molecule has 3 aromatic rings. The van der Waals surface area contributed by atoms with Gasteiger partial charge in [0, 0.05) is 13.1 Å². The zero-order valence-corrected chi connectivity index (χ0v) is 22.0. The fourth-order valence-electron chi connectivity index (χ4n) is 3.87. The van der Waals surface area contributed by atoms with E-state index in [4.69, 9.17) is 0 Å². The summed E-state index contributed by atoms with van der Waals surface area (Å²) in [6, 6.07) is 19.9. The van der Waals surface area contributed by atoms with E-state index < -0.39 is 34.3 Å². The van der Waals surface area contributed by atoms with Gasteiger partial charge in [-0.15, -0.1) is 0 Å². The molecular weight excluding hydrogens is 493 g/mol. The molecule has 0 saturated heterocycles. The van der Waals surface area contributed by atoms with Crippen LogP contribution < -0.4 is 9.62 Å². The van der Waals surface area contributed by atoms with Gasteiger partial charge in [0.15, 0.2) is 0 Å². The number of nitrogens with zero attached hydrogens (tertiary/aromatic N) is 2. The van der Waals surface area contributed by atoms with Crippen molar-refractivity contribution in [3.63, 3.8) is 0 Å². The lowest BCUT2D eigenvalue weighted by molar-refractivity contribution is -0.138. The Morgan fingerprint density at radius 1 is 0.946 bits per heavy atom. The first-order chi connectivity index (χ1) is 17.6. The molecule has 0 aliphatic rings. The average Bonchev–Trinajstić information content (AvgIpc) is 2.89. The second-order valence-corrected chi connectivity index (χ2v) is 10.6. The summed E-state index contributed by atoms with van der Waals surface area (Å²) in [7, 11) is -4.17. The highest BCUT2D eigenvalue weighted by molar-refractivity contribution is 7.92. The molecule has 0 aliphatic heterocycles. The van der Waals surface area contributed by atoms with E-state index in [-0.39, 0.29) is 23.0 Å². The van der Waals surface area contributed by atoms with Crippen LogP contribution in [0.1, 0.15) is 25.0 Å². The van der Waals surface area contributed by atoms with E-state index in [9.17, 15) is 22.4 Å². The highest BCUT2D eigenvalue weighted by Gasteiger charge is 2.32. The van der Waals surface area contributed by atoms with Crippen molar-refractivity contribution in [2.24, 2.45) is 0 Å². The number of likely N-dealkylation sites (N-methyl/N-ethyl adjacent to an activating group) is 1. The highest BCUT2D eigenvalue weighted by atomic mass is 32.2. The van der Waals surface area contributed by atoms with Crippen LogP contribution in [0.3, 0.4) is 0 Å². The molecule has 37 heavy (non-hydrogen) atoms. The molecule has 9 heteroatoms. The van der Waals surface area contributed by atoms with Gasteiger partial charge in [0.05, 0.1) is 10.6 Å². The second-order valence-electron chi connectivity index (χ2n) is 8.69. The average molecular weight is 526 g/mol. The van der Waals surface area contributed by atoms with Crippen LogP contribution in [0.4, 0.5) is 10.1 Å². The van der Waals surface area contributed by atoms with Gasteiger partial charge in [0.1, 0.15) is 18.4 Å². The SMILES string of the molecule is CCNC(=O)[C@H](C)N(CCc1ccccc1)C(=O)CN(c1ccc(F)cc1)S(=O)(=O)c1ccc(C)cc1. The minimum absolute atomic E-state index is 0.00263. The smallest absolute Gasteiger partial charge is 0.264 e. The van der Waals surface area contributed by atoms with Gasteiger partial charge in [-0.25, -0.2) is 12.8 Å². The minimum Gasteiger partial charge on any atom is -0.355 e. The predicted molar refractivity (Wildman–Crippen MR) is 142 cm³/mol. The molecule has 0 aliphatic carbocycles. The quantitative estimate of drug-likeness (QED) is 0.411. The van der Waals surface area contributed by atoms with E-state index >= 15 is 0 Å². The Labute approximate surface area is 218 Å². The van der Waals surface area contributed by atoms with Crippen LogP contribution >= 0.6 is 0 Å². The molecule has 7 nitrogen and oxygen atoms in total. The Bertz CT molecular complexity index is 1300. The summed E-state index contributed by atoms with van der Waals surface area (Å²) in [5, 5.41) is 2.73. The molecule has 3 rings (SSSR count). The normalized spacial score (nSPS) is 12.0. The number of hydrogen-bond donors (Lipinski definition) is 1. The third-order valence-electron chi connectivity index (χ3n) is 6.00. The van der Waals surface area contributed by atoms with E-state index in [1.165, 1.54) is 29.2 Å². The lowest BCUT2D eigenvalue weighted by Crippen LogP contribution is -2.52. The largest absolute Gasteiger partial charge is 0.355 e. The first-order valence-corrected chi connectivity index (χ1v) is 13.5. The summed E-state index contributed by atoms with van der Waals surface area (Å²) in [6.07, 6.45) is 0.484. The summed E-state index contributed by atoms with van der Waals surface area (Å²) >= 11 is 0. The van der Waals surface area contributed by atoms with E-state index in [1.807, 2.05) is 37.3 Å². The zero-order chi connectivity index (χ0) is 27.0. The maximum Gasteiger partial charge on any atom is 0.264 e. The molecule has 0 fully saturated rings.